The van der Waals surface area contributed by atoms with Crippen LogP contribution in [-0.2, 0) is 16.8 Å². The number of ketones is 1. The van der Waals surface area contributed by atoms with E-state index in [2.05, 4.69) is 10.2 Å². The third-order valence-corrected chi connectivity index (χ3v) is 7.01. The highest BCUT2D eigenvalue weighted by Gasteiger charge is 2.52. The number of nitrogens with one attached hydrogen (secondary N) is 1. The van der Waals surface area contributed by atoms with Gasteiger partial charge in [-0.25, -0.2) is 0 Å². The molecule has 2 aliphatic rings. The molecule has 34 heavy (non-hydrogen) atoms. The first-order chi connectivity index (χ1) is 16.4. The van der Waals surface area contributed by atoms with E-state index in [0.29, 0.717) is 28.4 Å². The van der Waals surface area contributed by atoms with Crippen molar-refractivity contribution in [3.8, 4) is 5.75 Å². The van der Waals surface area contributed by atoms with Crippen LogP contribution in [0, 0.1) is 0 Å². The van der Waals surface area contributed by atoms with Crippen LogP contribution in [0.25, 0.3) is 0 Å². The molecule has 2 heterocycles. The van der Waals surface area contributed by atoms with Crippen LogP contribution in [0.5, 0.6) is 5.75 Å². The molecule has 1 atom stereocenters. The summed E-state index contributed by atoms with van der Waals surface area (Å²) in [6, 6.07) is 19.6. The van der Waals surface area contributed by atoms with Crippen molar-refractivity contribution in [1.82, 2.24) is 5.32 Å². The smallest absolute Gasteiger partial charge is 0.245 e. The Kier molecular flexibility index (Phi) is 5.80. The van der Waals surface area contributed by atoms with E-state index in [-0.39, 0.29) is 17.4 Å². The van der Waals surface area contributed by atoms with E-state index in [4.69, 9.17) is 11.6 Å². The lowest BCUT2D eigenvalue weighted by Gasteiger charge is -2.42. The zero-order valence-electron chi connectivity index (χ0n) is 18.9. The van der Waals surface area contributed by atoms with Gasteiger partial charge in [0.25, 0.3) is 0 Å². The molecule has 3 aromatic carbocycles. The minimum absolute atomic E-state index is 0.0814. The van der Waals surface area contributed by atoms with Crippen LogP contribution in [0.2, 0.25) is 5.02 Å². The van der Waals surface area contributed by atoms with Crippen molar-refractivity contribution in [1.29, 1.82) is 0 Å². The number of hydrogen-bond donors (Lipinski definition) is 2. The number of anilines is 2. The first kappa shape index (κ1) is 22.4. The molecule has 174 valence electrons. The largest absolute Gasteiger partial charge is 0.508 e. The number of hydrogen-bond acceptors (Lipinski definition) is 5. The summed E-state index contributed by atoms with van der Waals surface area (Å²) >= 11 is 6.55. The number of fused-ring (bicyclic) bond motifs is 1. The Bertz CT molecular complexity index is 1240. The van der Waals surface area contributed by atoms with Crippen LogP contribution in [0.3, 0.4) is 0 Å². The van der Waals surface area contributed by atoms with E-state index in [1.165, 1.54) is 12.1 Å². The summed E-state index contributed by atoms with van der Waals surface area (Å²) in [4.78, 5) is 32.1. The van der Waals surface area contributed by atoms with Crippen molar-refractivity contribution in [3.63, 3.8) is 0 Å². The van der Waals surface area contributed by atoms with E-state index < -0.39 is 5.41 Å². The molecular weight excluding hydrogens is 450 g/mol. The monoisotopic (exact) mass is 475 g/mol. The molecule has 2 aliphatic heterocycles. The number of phenolic OH excluding ortho intramolecular Hbond substituents is 1. The lowest BCUT2D eigenvalue weighted by molar-refractivity contribution is -0.122. The second kappa shape index (κ2) is 8.78. The Hall–Kier alpha value is -3.35. The number of benzene rings is 3. The van der Waals surface area contributed by atoms with Gasteiger partial charge in [0.15, 0.2) is 5.78 Å². The Labute approximate surface area is 203 Å². The standard InChI is InChI=1S/C27H26ClN3O3/c1-27(19-7-9-21(32)10-8-19)25(33)24-22(30-13-11-29-12-14-30)15-20(28)16-23(24)31(26(27)34)17-18-5-3-2-4-6-18/h2-10,15-16,29,32H,11-14,17H2,1H3/t27-/m0/s1. The maximum Gasteiger partial charge on any atom is 0.245 e. The average Bonchev–Trinajstić information content (AvgIpc) is 2.86. The number of halogens is 1. The summed E-state index contributed by atoms with van der Waals surface area (Å²) in [5.41, 5.74) is 1.86. The number of Topliss-reactive ketones (excluding diaryl/α,β-unsaturated/α-hetero) is 1. The second-order valence-electron chi connectivity index (χ2n) is 8.93. The molecule has 0 radical (unpaired) electrons. The van der Waals surface area contributed by atoms with E-state index in [9.17, 15) is 14.7 Å². The van der Waals surface area contributed by atoms with E-state index in [1.807, 2.05) is 36.4 Å². The lowest BCUT2D eigenvalue weighted by atomic mass is 9.71. The fourth-order valence-corrected chi connectivity index (χ4v) is 5.08. The topological polar surface area (TPSA) is 72.9 Å². The molecule has 2 N–H and O–H groups in total. The van der Waals surface area contributed by atoms with Crippen molar-refractivity contribution in [3.05, 3.63) is 88.4 Å². The van der Waals surface area contributed by atoms with Gasteiger partial charge in [-0.1, -0.05) is 54.1 Å². The average molecular weight is 476 g/mol. The minimum atomic E-state index is -1.44. The van der Waals surface area contributed by atoms with Gasteiger partial charge in [-0.05, 0) is 42.3 Å². The summed E-state index contributed by atoms with van der Waals surface area (Å²) in [6.07, 6.45) is 0. The summed E-state index contributed by atoms with van der Waals surface area (Å²) in [5.74, 6) is -0.487. The van der Waals surface area contributed by atoms with Gasteiger partial charge in [0, 0.05) is 31.2 Å². The molecule has 0 aliphatic carbocycles. The number of carbonyl (C=O) groups is 2. The van der Waals surface area contributed by atoms with Gasteiger partial charge in [-0.2, -0.15) is 0 Å². The first-order valence-corrected chi connectivity index (χ1v) is 11.8. The molecule has 0 aromatic heterocycles. The van der Waals surface area contributed by atoms with Gasteiger partial charge in [-0.3, -0.25) is 9.59 Å². The van der Waals surface area contributed by atoms with E-state index >= 15 is 0 Å². The van der Waals surface area contributed by atoms with Crippen LogP contribution >= 0.6 is 11.6 Å². The Morgan fingerprint density at radius 1 is 0.971 bits per heavy atom. The predicted octanol–water partition coefficient (Wildman–Crippen LogP) is 4.14. The number of phenols is 1. The number of carbonyl (C=O) groups excluding carboxylic acids is 2. The van der Waals surface area contributed by atoms with Gasteiger partial charge in [0.05, 0.1) is 23.5 Å². The van der Waals surface area contributed by atoms with Gasteiger partial charge in [-0.15, -0.1) is 0 Å². The number of amides is 1. The fourth-order valence-electron chi connectivity index (χ4n) is 4.88. The molecular formula is C27H26ClN3O3. The van der Waals surface area contributed by atoms with Gasteiger partial charge in [0.2, 0.25) is 5.91 Å². The van der Waals surface area contributed by atoms with E-state index in [1.54, 1.807) is 30.0 Å². The molecule has 1 amide bonds. The summed E-state index contributed by atoms with van der Waals surface area (Å²) < 4.78 is 0. The van der Waals surface area contributed by atoms with Crippen molar-refractivity contribution < 1.29 is 14.7 Å². The highest BCUT2D eigenvalue weighted by Crippen LogP contribution is 2.46. The quantitative estimate of drug-likeness (QED) is 0.555. The molecule has 1 saturated heterocycles. The van der Waals surface area contributed by atoms with Gasteiger partial charge >= 0.3 is 0 Å². The summed E-state index contributed by atoms with van der Waals surface area (Å²) in [7, 11) is 0. The number of piperazine rings is 1. The number of aromatic hydroxyl groups is 1. The van der Waals surface area contributed by atoms with Gasteiger partial charge in [0.1, 0.15) is 11.2 Å². The molecule has 7 heteroatoms. The fraction of sp³-hybridized carbons (Fsp3) is 0.259. The maximum atomic E-state index is 14.2. The highest BCUT2D eigenvalue weighted by atomic mass is 35.5. The number of rotatable bonds is 4. The summed E-state index contributed by atoms with van der Waals surface area (Å²) in [5, 5.41) is 13.6. The van der Waals surface area contributed by atoms with Crippen molar-refractivity contribution in [2.24, 2.45) is 0 Å². The van der Waals surface area contributed by atoms with Crippen LogP contribution in [0.4, 0.5) is 11.4 Å². The zero-order chi connectivity index (χ0) is 23.9. The zero-order valence-corrected chi connectivity index (χ0v) is 19.7. The van der Waals surface area contributed by atoms with Crippen LogP contribution in [0.1, 0.15) is 28.4 Å². The minimum Gasteiger partial charge on any atom is -0.508 e. The van der Waals surface area contributed by atoms with Crippen LogP contribution < -0.4 is 15.1 Å². The normalized spacial score (nSPS) is 20.4. The van der Waals surface area contributed by atoms with Crippen LogP contribution in [0.15, 0.2) is 66.7 Å². The number of nitrogens with zero attached hydrogens (tertiary/aromatic N) is 2. The molecule has 0 spiro atoms. The maximum absolute atomic E-state index is 14.2. The third-order valence-electron chi connectivity index (χ3n) is 6.79. The molecule has 0 saturated carbocycles. The van der Waals surface area contributed by atoms with Crippen LogP contribution in [-0.4, -0.2) is 43.0 Å². The van der Waals surface area contributed by atoms with E-state index in [0.717, 1.165) is 37.4 Å². The van der Waals surface area contributed by atoms with Crippen molar-refractivity contribution in [2.75, 3.05) is 36.0 Å². The Balaban J connectivity index is 1.72. The predicted molar refractivity (Wildman–Crippen MR) is 134 cm³/mol. The Morgan fingerprint density at radius 2 is 1.62 bits per heavy atom. The Morgan fingerprint density at radius 3 is 2.29 bits per heavy atom. The first-order valence-electron chi connectivity index (χ1n) is 11.4. The molecule has 1 fully saturated rings. The molecule has 3 aromatic rings. The lowest BCUT2D eigenvalue weighted by Crippen LogP contribution is -2.55. The molecule has 5 rings (SSSR count). The third kappa shape index (κ3) is 3.73. The highest BCUT2D eigenvalue weighted by molar-refractivity contribution is 6.34. The summed E-state index contributed by atoms with van der Waals surface area (Å²) in [6.45, 7) is 5.08. The van der Waals surface area contributed by atoms with Crippen molar-refractivity contribution >= 4 is 34.7 Å². The molecule has 6 nitrogen and oxygen atoms in total. The second-order valence-corrected chi connectivity index (χ2v) is 9.37. The van der Waals surface area contributed by atoms with Crippen molar-refractivity contribution in [2.45, 2.75) is 18.9 Å². The molecule has 0 bridgehead atoms. The SMILES string of the molecule is C[C@]1(c2ccc(O)cc2)C(=O)c2c(N3CCNCC3)cc(Cl)cc2N(Cc2ccccc2)C1=O. The molecule has 0 unspecified atom stereocenters. The van der Waals surface area contributed by atoms with Gasteiger partial charge < -0.3 is 20.2 Å².